The highest BCUT2D eigenvalue weighted by atomic mass is 79.9. The molecule has 0 saturated heterocycles. The number of rotatable bonds is 1. The Balaban J connectivity index is 2.85. The maximum Gasteiger partial charge on any atom is 0.129 e. The van der Waals surface area contributed by atoms with Crippen molar-refractivity contribution in [2.24, 2.45) is 0 Å². The van der Waals surface area contributed by atoms with Gasteiger partial charge in [-0.15, -0.1) is 11.3 Å². The molecule has 68 valence electrons. The molecular weight excluding hydrogens is 272 g/mol. The van der Waals surface area contributed by atoms with Crippen molar-refractivity contribution in [1.29, 1.82) is 0 Å². The van der Waals surface area contributed by atoms with Gasteiger partial charge < -0.3 is 5.11 Å². The highest BCUT2D eigenvalue weighted by molar-refractivity contribution is 9.08. The quantitative estimate of drug-likeness (QED) is 0.776. The molecule has 0 saturated carbocycles. The standard InChI is InChI=1S/C9H6BrClOS/c10-4-6-7(11)3-8-5(9(6)12)1-2-13-8/h1-3,12H,4H2. The summed E-state index contributed by atoms with van der Waals surface area (Å²) in [5.41, 5.74) is 0.757. The number of fused-ring (bicyclic) bond motifs is 1. The van der Waals surface area contributed by atoms with Gasteiger partial charge in [0.1, 0.15) is 5.75 Å². The predicted molar refractivity (Wildman–Crippen MR) is 61.1 cm³/mol. The van der Waals surface area contributed by atoms with E-state index in [0.717, 1.165) is 15.6 Å². The summed E-state index contributed by atoms with van der Waals surface area (Å²) >= 11 is 10.8. The summed E-state index contributed by atoms with van der Waals surface area (Å²) in [6.45, 7) is 0. The average molecular weight is 278 g/mol. The lowest BCUT2D eigenvalue weighted by Crippen LogP contribution is -1.81. The molecule has 0 atom stereocenters. The van der Waals surface area contributed by atoms with E-state index in [1.165, 1.54) is 0 Å². The molecule has 0 aliphatic heterocycles. The van der Waals surface area contributed by atoms with E-state index in [0.29, 0.717) is 16.1 Å². The lowest BCUT2D eigenvalue weighted by Gasteiger charge is -2.04. The lowest BCUT2D eigenvalue weighted by atomic mass is 10.1. The van der Waals surface area contributed by atoms with Gasteiger partial charge in [-0.2, -0.15) is 0 Å². The minimum absolute atomic E-state index is 0.292. The van der Waals surface area contributed by atoms with Gasteiger partial charge in [0, 0.05) is 26.0 Å². The van der Waals surface area contributed by atoms with Crippen molar-refractivity contribution in [1.82, 2.24) is 0 Å². The van der Waals surface area contributed by atoms with Crippen LogP contribution < -0.4 is 0 Å². The van der Waals surface area contributed by atoms with E-state index in [1.54, 1.807) is 11.3 Å². The van der Waals surface area contributed by atoms with Crippen molar-refractivity contribution in [2.75, 3.05) is 0 Å². The first kappa shape index (κ1) is 9.31. The molecule has 2 aromatic rings. The normalized spacial score (nSPS) is 10.9. The van der Waals surface area contributed by atoms with E-state index < -0.39 is 0 Å². The molecule has 0 bridgehead atoms. The van der Waals surface area contributed by atoms with Gasteiger partial charge in [-0.05, 0) is 17.5 Å². The molecule has 0 spiro atoms. The first-order chi connectivity index (χ1) is 6.24. The van der Waals surface area contributed by atoms with Gasteiger partial charge in [-0.1, -0.05) is 27.5 Å². The van der Waals surface area contributed by atoms with Crippen LogP contribution in [0.1, 0.15) is 5.56 Å². The smallest absolute Gasteiger partial charge is 0.129 e. The Labute approximate surface area is 93.1 Å². The first-order valence-electron chi connectivity index (χ1n) is 3.67. The van der Waals surface area contributed by atoms with Crippen LogP contribution in [-0.4, -0.2) is 5.11 Å². The molecule has 1 nitrogen and oxygen atoms in total. The summed E-state index contributed by atoms with van der Waals surface area (Å²) in [5, 5.41) is 13.8. The fourth-order valence-electron chi connectivity index (χ4n) is 1.23. The number of halogens is 2. The highest BCUT2D eigenvalue weighted by Crippen LogP contribution is 2.37. The molecule has 0 amide bonds. The van der Waals surface area contributed by atoms with E-state index in [9.17, 15) is 5.11 Å². The molecule has 13 heavy (non-hydrogen) atoms. The van der Waals surface area contributed by atoms with Crippen molar-refractivity contribution >= 4 is 49.0 Å². The third-order valence-electron chi connectivity index (χ3n) is 1.92. The van der Waals surface area contributed by atoms with Gasteiger partial charge in [0.05, 0.1) is 0 Å². The Kier molecular flexibility index (Phi) is 2.49. The number of thiophene rings is 1. The molecule has 0 radical (unpaired) electrons. The molecule has 2 rings (SSSR count). The minimum atomic E-state index is 0.292. The summed E-state index contributed by atoms with van der Waals surface area (Å²) < 4.78 is 1.02. The minimum Gasteiger partial charge on any atom is -0.507 e. The zero-order valence-corrected chi connectivity index (χ0v) is 9.71. The maximum absolute atomic E-state index is 9.81. The second-order valence-corrected chi connectivity index (χ2v) is 4.57. The fourth-order valence-corrected chi connectivity index (χ4v) is 3.12. The Hall–Kier alpha value is -0.250. The molecule has 0 unspecified atom stereocenters. The third-order valence-corrected chi connectivity index (χ3v) is 3.68. The molecule has 0 aliphatic rings. The number of benzene rings is 1. The van der Waals surface area contributed by atoms with Gasteiger partial charge in [-0.25, -0.2) is 0 Å². The average Bonchev–Trinajstić information content (AvgIpc) is 2.53. The molecule has 1 aromatic carbocycles. The van der Waals surface area contributed by atoms with E-state index in [2.05, 4.69) is 15.9 Å². The monoisotopic (exact) mass is 276 g/mol. The van der Waals surface area contributed by atoms with Gasteiger partial charge in [-0.3, -0.25) is 0 Å². The topological polar surface area (TPSA) is 20.2 Å². The molecule has 1 heterocycles. The van der Waals surface area contributed by atoms with Crippen LogP contribution in [-0.2, 0) is 5.33 Å². The van der Waals surface area contributed by atoms with Crippen LogP contribution in [0.4, 0.5) is 0 Å². The Morgan fingerprint density at radius 1 is 1.54 bits per heavy atom. The second kappa shape index (κ2) is 3.48. The highest BCUT2D eigenvalue weighted by Gasteiger charge is 2.10. The Morgan fingerprint density at radius 3 is 3.00 bits per heavy atom. The van der Waals surface area contributed by atoms with E-state index >= 15 is 0 Å². The number of hydrogen-bond donors (Lipinski definition) is 1. The van der Waals surface area contributed by atoms with Crippen molar-refractivity contribution in [3.63, 3.8) is 0 Å². The van der Waals surface area contributed by atoms with Crippen LogP contribution in [0.5, 0.6) is 5.75 Å². The van der Waals surface area contributed by atoms with Crippen molar-refractivity contribution in [3.05, 3.63) is 28.1 Å². The Morgan fingerprint density at radius 2 is 2.31 bits per heavy atom. The SMILES string of the molecule is Oc1c(CBr)c(Cl)cc2sccc12. The zero-order chi connectivity index (χ0) is 9.42. The van der Waals surface area contributed by atoms with Crippen molar-refractivity contribution < 1.29 is 5.11 Å². The summed E-state index contributed by atoms with van der Waals surface area (Å²) in [4.78, 5) is 0. The summed E-state index contributed by atoms with van der Waals surface area (Å²) in [5.74, 6) is 0.292. The van der Waals surface area contributed by atoms with Crippen LogP contribution >= 0.6 is 38.9 Å². The number of aromatic hydroxyl groups is 1. The molecular formula is C9H6BrClOS. The molecule has 4 heteroatoms. The predicted octanol–water partition coefficient (Wildman–Crippen LogP) is 4.16. The van der Waals surface area contributed by atoms with Crippen LogP contribution in [0.15, 0.2) is 17.5 Å². The summed E-state index contributed by atoms with van der Waals surface area (Å²) in [6.07, 6.45) is 0. The summed E-state index contributed by atoms with van der Waals surface area (Å²) in [6, 6.07) is 3.79. The molecule has 1 N–H and O–H groups in total. The van der Waals surface area contributed by atoms with Crippen molar-refractivity contribution in [3.8, 4) is 5.75 Å². The molecule has 0 aliphatic carbocycles. The van der Waals surface area contributed by atoms with Gasteiger partial charge >= 0.3 is 0 Å². The van der Waals surface area contributed by atoms with E-state index in [-0.39, 0.29) is 0 Å². The van der Waals surface area contributed by atoms with Gasteiger partial charge in [0.15, 0.2) is 0 Å². The van der Waals surface area contributed by atoms with Crippen LogP contribution in [0.3, 0.4) is 0 Å². The molecule has 0 fully saturated rings. The third kappa shape index (κ3) is 1.45. The van der Waals surface area contributed by atoms with Gasteiger partial charge in [0.25, 0.3) is 0 Å². The number of alkyl halides is 1. The van der Waals surface area contributed by atoms with Crippen LogP contribution in [0.25, 0.3) is 10.1 Å². The lowest BCUT2D eigenvalue weighted by molar-refractivity contribution is 0.477. The largest absolute Gasteiger partial charge is 0.507 e. The second-order valence-electron chi connectivity index (χ2n) is 2.65. The zero-order valence-electron chi connectivity index (χ0n) is 6.55. The van der Waals surface area contributed by atoms with Crippen LogP contribution in [0.2, 0.25) is 5.02 Å². The number of phenols is 1. The first-order valence-corrected chi connectivity index (χ1v) is 6.05. The van der Waals surface area contributed by atoms with E-state index in [4.69, 9.17) is 11.6 Å². The number of phenolic OH excluding ortho intramolecular Hbond substituents is 1. The van der Waals surface area contributed by atoms with E-state index in [1.807, 2.05) is 17.5 Å². The number of hydrogen-bond acceptors (Lipinski definition) is 2. The van der Waals surface area contributed by atoms with Crippen molar-refractivity contribution in [2.45, 2.75) is 5.33 Å². The van der Waals surface area contributed by atoms with Crippen LogP contribution in [0, 0.1) is 0 Å². The molecule has 1 aromatic heterocycles. The fraction of sp³-hybridized carbons (Fsp3) is 0.111. The van der Waals surface area contributed by atoms with Gasteiger partial charge in [0.2, 0.25) is 0 Å². The maximum atomic E-state index is 9.81. The Bertz CT molecular complexity index is 452. The summed E-state index contributed by atoms with van der Waals surface area (Å²) in [7, 11) is 0.